The second-order valence-electron chi connectivity index (χ2n) is 5.93. The first kappa shape index (κ1) is 20.0. The molecule has 3 rings (SSSR count). The number of aromatic nitrogens is 1. The molecule has 0 unspecified atom stereocenters. The number of aryl methyl sites for hydroxylation is 1. The number of nitrogens with zero attached hydrogens (tertiary/aromatic N) is 1. The number of thiazole rings is 1. The van der Waals surface area contributed by atoms with Crippen molar-refractivity contribution in [3.05, 3.63) is 74.1 Å². The van der Waals surface area contributed by atoms with Gasteiger partial charge in [-0.05, 0) is 49.4 Å². The number of benzene rings is 2. The lowest BCUT2D eigenvalue weighted by Gasteiger charge is -2.10. The lowest BCUT2D eigenvalue weighted by atomic mass is 10.1. The summed E-state index contributed by atoms with van der Waals surface area (Å²) in [7, 11) is 0. The Morgan fingerprint density at radius 1 is 1.21 bits per heavy atom. The molecule has 0 radical (unpaired) electrons. The van der Waals surface area contributed by atoms with Crippen molar-refractivity contribution in [3.63, 3.8) is 0 Å². The van der Waals surface area contributed by atoms with Crippen LogP contribution in [0.2, 0.25) is 0 Å². The van der Waals surface area contributed by atoms with E-state index in [9.17, 15) is 14.7 Å². The first-order valence-electron chi connectivity index (χ1n) is 8.40. The maximum Gasteiger partial charge on any atom is 0.337 e. The molecule has 0 aliphatic rings. The van der Waals surface area contributed by atoms with Crippen molar-refractivity contribution in [2.24, 2.45) is 0 Å². The second kappa shape index (κ2) is 8.99. The second-order valence-corrected chi connectivity index (χ2v) is 7.79. The lowest BCUT2D eigenvalue weighted by Crippen LogP contribution is -2.14. The predicted octanol–water partition coefficient (Wildman–Crippen LogP) is 4.79. The molecule has 3 aromatic rings. The van der Waals surface area contributed by atoms with E-state index in [1.807, 2.05) is 12.4 Å². The van der Waals surface area contributed by atoms with E-state index in [1.54, 1.807) is 47.7 Å². The van der Waals surface area contributed by atoms with E-state index in [4.69, 9.17) is 4.74 Å². The third-order valence-corrected chi connectivity index (χ3v) is 5.51. The van der Waals surface area contributed by atoms with Gasteiger partial charge in [-0.1, -0.05) is 15.9 Å². The quantitative estimate of drug-likeness (QED) is 0.529. The van der Waals surface area contributed by atoms with Crippen molar-refractivity contribution in [2.75, 3.05) is 11.9 Å². The summed E-state index contributed by atoms with van der Waals surface area (Å²) >= 11 is 4.84. The molecule has 28 heavy (non-hydrogen) atoms. The number of hydrogen-bond acceptors (Lipinski definition) is 5. The minimum Gasteiger partial charge on any atom is -0.493 e. The summed E-state index contributed by atoms with van der Waals surface area (Å²) in [5.41, 5.74) is 3.50. The molecule has 0 bridgehead atoms. The number of carbonyl (C=O) groups excluding carboxylic acids is 1. The Bertz CT molecular complexity index is 1000. The Labute approximate surface area is 174 Å². The molecule has 0 atom stereocenters. The molecule has 1 heterocycles. The molecule has 0 fully saturated rings. The van der Waals surface area contributed by atoms with Gasteiger partial charge in [-0.3, -0.25) is 4.79 Å². The number of carboxylic acid groups (broad SMARTS) is 1. The standard InChI is InChI=1S/C20H17BrN2O4S/c1-12-18(28-11-22-12)8-9-27-15-5-2-13(3-6-15)19(24)23-17-7-4-14(21)10-16(17)20(25)26/h2-7,10-11H,8-9H2,1H3,(H,23,24)(H,25,26). The summed E-state index contributed by atoms with van der Waals surface area (Å²) in [6.07, 6.45) is 0.778. The van der Waals surface area contributed by atoms with Crippen molar-refractivity contribution in [1.29, 1.82) is 0 Å². The summed E-state index contributed by atoms with van der Waals surface area (Å²) in [6, 6.07) is 11.4. The molecular weight excluding hydrogens is 444 g/mol. The third kappa shape index (κ3) is 4.96. The molecule has 0 saturated heterocycles. The van der Waals surface area contributed by atoms with Crippen LogP contribution in [-0.4, -0.2) is 28.6 Å². The van der Waals surface area contributed by atoms with Crippen molar-refractivity contribution in [2.45, 2.75) is 13.3 Å². The zero-order chi connectivity index (χ0) is 20.1. The van der Waals surface area contributed by atoms with Gasteiger partial charge in [-0.15, -0.1) is 11.3 Å². The van der Waals surface area contributed by atoms with E-state index < -0.39 is 11.9 Å². The summed E-state index contributed by atoms with van der Waals surface area (Å²) in [4.78, 5) is 29.2. The molecule has 0 aliphatic carbocycles. The van der Waals surface area contributed by atoms with Gasteiger partial charge in [0.05, 0.1) is 29.1 Å². The van der Waals surface area contributed by atoms with E-state index in [2.05, 4.69) is 26.2 Å². The first-order chi connectivity index (χ1) is 13.4. The molecule has 6 nitrogen and oxygen atoms in total. The van der Waals surface area contributed by atoms with E-state index in [1.165, 1.54) is 10.9 Å². The fourth-order valence-corrected chi connectivity index (χ4v) is 3.65. The van der Waals surface area contributed by atoms with Gasteiger partial charge in [0, 0.05) is 21.3 Å². The third-order valence-electron chi connectivity index (χ3n) is 4.02. The molecule has 8 heteroatoms. The Morgan fingerprint density at radius 3 is 2.61 bits per heavy atom. The van der Waals surface area contributed by atoms with E-state index in [-0.39, 0.29) is 11.3 Å². The number of amides is 1. The van der Waals surface area contributed by atoms with Crippen molar-refractivity contribution in [1.82, 2.24) is 4.98 Å². The molecule has 144 valence electrons. The largest absolute Gasteiger partial charge is 0.493 e. The highest BCUT2D eigenvalue weighted by Crippen LogP contribution is 2.22. The van der Waals surface area contributed by atoms with Crippen molar-refractivity contribution < 1.29 is 19.4 Å². The van der Waals surface area contributed by atoms with Gasteiger partial charge in [0.1, 0.15) is 5.75 Å². The van der Waals surface area contributed by atoms with E-state index in [0.717, 1.165) is 12.1 Å². The lowest BCUT2D eigenvalue weighted by molar-refractivity contribution is 0.0698. The van der Waals surface area contributed by atoms with Crippen LogP contribution in [0.25, 0.3) is 0 Å². The monoisotopic (exact) mass is 460 g/mol. The highest BCUT2D eigenvalue weighted by Gasteiger charge is 2.14. The number of aromatic carboxylic acids is 1. The average molecular weight is 461 g/mol. The molecule has 1 aromatic heterocycles. The van der Waals surface area contributed by atoms with Crippen LogP contribution in [-0.2, 0) is 6.42 Å². The van der Waals surface area contributed by atoms with Crippen LogP contribution in [0.3, 0.4) is 0 Å². The van der Waals surface area contributed by atoms with Crippen LogP contribution in [0.4, 0.5) is 5.69 Å². The topological polar surface area (TPSA) is 88.5 Å². The van der Waals surface area contributed by atoms with Crippen LogP contribution in [0.1, 0.15) is 31.3 Å². The zero-order valence-electron chi connectivity index (χ0n) is 14.9. The van der Waals surface area contributed by atoms with Gasteiger partial charge >= 0.3 is 5.97 Å². The maximum absolute atomic E-state index is 12.4. The highest BCUT2D eigenvalue weighted by atomic mass is 79.9. The van der Waals surface area contributed by atoms with Crippen LogP contribution in [0.15, 0.2) is 52.4 Å². The van der Waals surface area contributed by atoms with Crippen molar-refractivity contribution >= 4 is 44.8 Å². The highest BCUT2D eigenvalue weighted by molar-refractivity contribution is 9.10. The van der Waals surface area contributed by atoms with Crippen LogP contribution in [0, 0.1) is 6.92 Å². The molecule has 0 saturated carbocycles. The number of carbonyl (C=O) groups is 2. The molecule has 2 N–H and O–H groups in total. The summed E-state index contributed by atoms with van der Waals surface area (Å²) < 4.78 is 6.34. The zero-order valence-corrected chi connectivity index (χ0v) is 17.3. The number of rotatable bonds is 7. The smallest absolute Gasteiger partial charge is 0.337 e. The van der Waals surface area contributed by atoms with E-state index >= 15 is 0 Å². The fourth-order valence-electron chi connectivity index (χ4n) is 2.53. The van der Waals surface area contributed by atoms with Gasteiger partial charge in [0.2, 0.25) is 0 Å². The summed E-state index contributed by atoms with van der Waals surface area (Å²) in [6.45, 7) is 2.50. The van der Waals surface area contributed by atoms with Crippen LogP contribution in [0.5, 0.6) is 5.75 Å². The van der Waals surface area contributed by atoms with Gasteiger partial charge in [-0.25, -0.2) is 9.78 Å². The number of anilines is 1. The Morgan fingerprint density at radius 2 is 1.96 bits per heavy atom. The molecular formula is C20H17BrN2O4S. The van der Waals surface area contributed by atoms with Gasteiger partial charge in [0.25, 0.3) is 5.91 Å². The SMILES string of the molecule is Cc1ncsc1CCOc1ccc(C(=O)Nc2ccc(Br)cc2C(=O)O)cc1. The predicted molar refractivity (Wildman–Crippen MR) is 112 cm³/mol. The first-order valence-corrected chi connectivity index (χ1v) is 10.1. The minimum absolute atomic E-state index is 0.0149. The number of ether oxygens (including phenoxy) is 1. The molecule has 0 aliphatic heterocycles. The van der Waals surface area contributed by atoms with E-state index in [0.29, 0.717) is 22.4 Å². The summed E-state index contributed by atoms with van der Waals surface area (Å²) in [5, 5.41) is 11.9. The average Bonchev–Trinajstić information content (AvgIpc) is 3.08. The van der Waals surface area contributed by atoms with Crippen LogP contribution < -0.4 is 10.1 Å². The summed E-state index contributed by atoms with van der Waals surface area (Å²) in [5.74, 6) is -0.846. The van der Waals surface area contributed by atoms with Gasteiger partial charge in [0.15, 0.2) is 0 Å². The Balaban J connectivity index is 1.61. The molecule has 0 spiro atoms. The molecule has 2 aromatic carbocycles. The number of hydrogen-bond donors (Lipinski definition) is 2. The minimum atomic E-state index is -1.11. The van der Waals surface area contributed by atoms with Crippen LogP contribution >= 0.6 is 27.3 Å². The number of nitrogens with one attached hydrogen (secondary N) is 1. The number of carboxylic acids is 1. The van der Waals surface area contributed by atoms with Gasteiger partial charge < -0.3 is 15.2 Å². The fraction of sp³-hybridized carbons (Fsp3) is 0.150. The Kier molecular flexibility index (Phi) is 6.43. The maximum atomic E-state index is 12.4. The van der Waals surface area contributed by atoms with Crippen molar-refractivity contribution in [3.8, 4) is 5.75 Å². The van der Waals surface area contributed by atoms with Gasteiger partial charge in [-0.2, -0.15) is 0 Å². The molecule has 1 amide bonds. The Hall–Kier alpha value is -2.71. The normalized spacial score (nSPS) is 10.5. The number of halogens is 1.